The lowest BCUT2D eigenvalue weighted by Gasteiger charge is -2.16. The van der Waals surface area contributed by atoms with Gasteiger partial charge in [-0.15, -0.1) is 11.3 Å². The summed E-state index contributed by atoms with van der Waals surface area (Å²) in [6, 6.07) is 0. The third-order valence-electron chi connectivity index (χ3n) is 2.43. The summed E-state index contributed by atoms with van der Waals surface area (Å²) in [5.41, 5.74) is 2.81. The highest BCUT2D eigenvalue weighted by molar-refractivity contribution is 7.07. The fraction of sp³-hybridized carbons (Fsp3) is 0.364. The lowest BCUT2D eigenvalue weighted by atomic mass is 10.1. The topological polar surface area (TPSA) is 70.5 Å². The monoisotopic (exact) mass is 254 g/mol. The summed E-state index contributed by atoms with van der Waals surface area (Å²) < 4.78 is 0. The maximum Gasteiger partial charge on any atom is 0.331 e. The minimum absolute atomic E-state index is 0.0696. The van der Waals surface area contributed by atoms with E-state index >= 15 is 0 Å². The third kappa shape index (κ3) is 3.39. The van der Waals surface area contributed by atoms with Crippen molar-refractivity contribution in [3.63, 3.8) is 0 Å². The molecule has 92 valence electrons. The van der Waals surface area contributed by atoms with Gasteiger partial charge in [0.25, 0.3) is 0 Å². The van der Waals surface area contributed by atoms with Gasteiger partial charge in [0.2, 0.25) is 5.91 Å². The smallest absolute Gasteiger partial charge is 0.331 e. The average molecular weight is 254 g/mol. The number of aromatic nitrogens is 1. The second kappa shape index (κ2) is 5.58. The molecule has 0 saturated carbocycles. The predicted molar refractivity (Wildman–Crippen MR) is 64.6 cm³/mol. The molecule has 0 unspecified atom stereocenters. The number of carboxylic acid groups (broad SMARTS) is 1. The maximum absolute atomic E-state index is 11.9. The summed E-state index contributed by atoms with van der Waals surface area (Å²) in [6.07, 6.45) is 0. The molecular weight excluding hydrogens is 240 g/mol. The average Bonchev–Trinajstić information content (AvgIpc) is 2.78. The van der Waals surface area contributed by atoms with E-state index in [1.54, 1.807) is 12.6 Å². The van der Waals surface area contributed by atoms with Gasteiger partial charge in [0.1, 0.15) is 0 Å². The molecule has 1 heterocycles. The van der Waals surface area contributed by atoms with Crippen LogP contribution in [0, 0.1) is 0 Å². The van der Waals surface area contributed by atoms with Crippen molar-refractivity contribution in [1.29, 1.82) is 0 Å². The first-order valence-corrected chi connectivity index (χ1v) is 5.91. The fourth-order valence-corrected chi connectivity index (χ4v) is 1.79. The quantitative estimate of drug-likeness (QED) is 0.827. The Morgan fingerprint density at radius 2 is 2.06 bits per heavy atom. The Morgan fingerprint density at radius 3 is 2.53 bits per heavy atom. The Kier molecular flexibility index (Phi) is 4.39. The van der Waals surface area contributed by atoms with Crippen LogP contribution in [0.4, 0.5) is 0 Å². The lowest BCUT2D eigenvalue weighted by molar-refractivity contribution is -0.133. The van der Waals surface area contributed by atoms with Crippen molar-refractivity contribution in [1.82, 2.24) is 9.88 Å². The molecule has 6 heteroatoms. The van der Waals surface area contributed by atoms with E-state index in [0.717, 1.165) is 5.69 Å². The Balaban J connectivity index is 2.77. The molecule has 0 bridgehead atoms. The summed E-state index contributed by atoms with van der Waals surface area (Å²) in [5.74, 6) is -1.36. The molecule has 1 amide bonds. The van der Waals surface area contributed by atoms with E-state index in [0.29, 0.717) is 6.54 Å². The molecule has 5 nitrogen and oxygen atoms in total. The molecule has 0 atom stereocenters. The van der Waals surface area contributed by atoms with E-state index in [1.807, 2.05) is 5.38 Å². The highest BCUT2D eigenvalue weighted by atomic mass is 32.1. The highest BCUT2D eigenvalue weighted by Gasteiger charge is 2.17. The number of amides is 1. The Morgan fingerprint density at radius 1 is 1.41 bits per heavy atom. The lowest BCUT2D eigenvalue weighted by Crippen LogP contribution is -2.28. The summed E-state index contributed by atoms with van der Waals surface area (Å²) >= 11 is 1.46. The molecule has 17 heavy (non-hydrogen) atoms. The SMILES string of the molecule is CC(C(=O)O)=C(C)C(=O)N(C)Cc1cscn1. The summed E-state index contributed by atoms with van der Waals surface area (Å²) in [5, 5.41) is 10.7. The van der Waals surface area contributed by atoms with Gasteiger partial charge in [-0.3, -0.25) is 4.79 Å². The van der Waals surface area contributed by atoms with Crippen molar-refractivity contribution < 1.29 is 14.7 Å². The Bertz CT molecular complexity index is 451. The summed E-state index contributed by atoms with van der Waals surface area (Å²) in [7, 11) is 1.63. The van der Waals surface area contributed by atoms with Crippen molar-refractivity contribution >= 4 is 23.2 Å². The molecule has 1 aromatic heterocycles. The van der Waals surface area contributed by atoms with Crippen LogP contribution in [0.15, 0.2) is 22.0 Å². The van der Waals surface area contributed by atoms with E-state index in [-0.39, 0.29) is 17.1 Å². The van der Waals surface area contributed by atoms with Crippen LogP contribution in [0.25, 0.3) is 0 Å². The number of carbonyl (C=O) groups excluding carboxylic acids is 1. The molecule has 1 N–H and O–H groups in total. The van der Waals surface area contributed by atoms with Crippen molar-refractivity contribution in [3.05, 3.63) is 27.7 Å². The number of hydrogen-bond acceptors (Lipinski definition) is 4. The van der Waals surface area contributed by atoms with Crippen LogP contribution < -0.4 is 0 Å². The first-order valence-electron chi connectivity index (χ1n) is 4.96. The number of nitrogens with zero attached hydrogens (tertiary/aromatic N) is 2. The van der Waals surface area contributed by atoms with Gasteiger partial charge in [-0.25, -0.2) is 9.78 Å². The molecule has 1 aromatic rings. The zero-order valence-corrected chi connectivity index (χ0v) is 10.7. The number of carboxylic acids is 1. The first kappa shape index (κ1) is 13.4. The van der Waals surface area contributed by atoms with Gasteiger partial charge in [-0.05, 0) is 13.8 Å². The third-order valence-corrected chi connectivity index (χ3v) is 3.07. The van der Waals surface area contributed by atoms with Gasteiger partial charge in [0.15, 0.2) is 0 Å². The van der Waals surface area contributed by atoms with Crippen LogP contribution in [-0.4, -0.2) is 33.9 Å². The normalized spacial score (nSPS) is 11.9. The largest absolute Gasteiger partial charge is 0.478 e. The van der Waals surface area contributed by atoms with E-state index in [4.69, 9.17) is 5.11 Å². The van der Waals surface area contributed by atoms with Crippen LogP contribution in [0.5, 0.6) is 0 Å². The second-order valence-corrected chi connectivity index (χ2v) is 4.41. The van der Waals surface area contributed by atoms with Crippen LogP contribution in [0.1, 0.15) is 19.5 Å². The molecule has 0 aliphatic heterocycles. The fourth-order valence-electron chi connectivity index (χ4n) is 1.24. The van der Waals surface area contributed by atoms with Crippen LogP contribution in [0.3, 0.4) is 0 Å². The van der Waals surface area contributed by atoms with Crippen LogP contribution in [0.2, 0.25) is 0 Å². The summed E-state index contributed by atoms with van der Waals surface area (Å²) in [6.45, 7) is 3.32. The molecule has 0 aliphatic carbocycles. The van der Waals surface area contributed by atoms with E-state index in [1.165, 1.54) is 30.1 Å². The first-order chi connectivity index (χ1) is 7.93. The van der Waals surface area contributed by atoms with Crippen molar-refractivity contribution in [2.24, 2.45) is 0 Å². The minimum Gasteiger partial charge on any atom is -0.478 e. The van der Waals surface area contributed by atoms with Gasteiger partial charge in [0, 0.05) is 23.6 Å². The Labute approximate surface area is 103 Å². The Hall–Kier alpha value is -1.69. The molecule has 0 aromatic carbocycles. The van der Waals surface area contributed by atoms with E-state index < -0.39 is 5.97 Å². The van der Waals surface area contributed by atoms with Crippen molar-refractivity contribution in [2.45, 2.75) is 20.4 Å². The van der Waals surface area contributed by atoms with Gasteiger partial charge in [0.05, 0.1) is 17.7 Å². The van der Waals surface area contributed by atoms with Gasteiger partial charge in [-0.1, -0.05) is 0 Å². The molecule has 0 radical (unpaired) electrons. The van der Waals surface area contributed by atoms with Gasteiger partial charge < -0.3 is 10.0 Å². The van der Waals surface area contributed by atoms with Crippen LogP contribution in [-0.2, 0) is 16.1 Å². The number of hydrogen-bond donors (Lipinski definition) is 1. The minimum atomic E-state index is -1.07. The van der Waals surface area contributed by atoms with Crippen molar-refractivity contribution in [3.8, 4) is 0 Å². The number of carbonyl (C=O) groups is 2. The summed E-state index contributed by atoms with van der Waals surface area (Å²) in [4.78, 5) is 28.2. The number of likely N-dealkylation sites (N-methyl/N-ethyl adjacent to an activating group) is 1. The zero-order valence-electron chi connectivity index (χ0n) is 9.93. The molecular formula is C11H14N2O3S. The van der Waals surface area contributed by atoms with Gasteiger partial charge >= 0.3 is 5.97 Å². The molecule has 0 spiro atoms. The van der Waals surface area contributed by atoms with Gasteiger partial charge in [-0.2, -0.15) is 0 Å². The molecule has 1 rings (SSSR count). The highest BCUT2D eigenvalue weighted by Crippen LogP contribution is 2.10. The maximum atomic E-state index is 11.9. The van der Waals surface area contributed by atoms with E-state index in [2.05, 4.69) is 4.98 Å². The number of aliphatic carboxylic acids is 1. The van der Waals surface area contributed by atoms with E-state index in [9.17, 15) is 9.59 Å². The predicted octanol–water partition coefficient (Wildman–Crippen LogP) is 1.52. The molecule has 0 saturated heterocycles. The van der Waals surface area contributed by atoms with Crippen molar-refractivity contribution in [2.75, 3.05) is 7.05 Å². The molecule has 0 aliphatic rings. The zero-order chi connectivity index (χ0) is 13.0. The molecule has 0 fully saturated rings. The van der Waals surface area contributed by atoms with Crippen LogP contribution >= 0.6 is 11.3 Å². The standard InChI is InChI=1S/C11H14N2O3S/c1-7(8(2)11(15)16)10(14)13(3)4-9-5-17-6-12-9/h5-6H,4H2,1-3H3,(H,15,16). The number of thiazole rings is 1. The second-order valence-electron chi connectivity index (χ2n) is 3.70. The number of rotatable bonds is 4.